The second kappa shape index (κ2) is 7.89. The Balaban J connectivity index is 1.51. The van der Waals surface area contributed by atoms with Crippen molar-refractivity contribution in [2.75, 3.05) is 20.5 Å². The summed E-state index contributed by atoms with van der Waals surface area (Å²) in [6.45, 7) is 0.0494. The first-order valence-electron chi connectivity index (χ1n) is 7.33. The van der Waals surface area contributed by atoms with Crippen LogP contribution in [-0.4, -0.2) is 32.6 Å². The van der Waals surface area contributed by atoms with E-state index in [2.05, 4.69) is 26.5 Å². The van der Waals surface area contributed by atoms with Gasteiger partial charge in [-0.3, -0.25) is 4.79 Å². The fraction of sp³-hybridized carbons (Fsp3) is 0.176. The molecular weight excluding hydrogens is 392 g/mol. The zero-order chi connectivity index (χ0) is 17.6. The number of ether oxygens (including phenoxy) is 4. The van der Waals surface area contributed by atoms with Crippen molar-refractivity contribution in [3.05, 3.63) is 46.4 Å². The zero-order valence-corrected chi connectivity index (χ0v) is 14.9. The van der Waals surface area contributed by atoms with E-state index in [0.717, 1.165) is 15.8 Å². The molecule has 0 saturated heterocycles. The lowest BCUT2D eigenvalue weighted by Gasteiger charge is -2.06. The number of carbonyl (C=O) groups excluding carboxylic acids is 1. The molecule has 3 rings (SSSR count). The van der Waals surface area contributed by atoms with Crippen LogP contribution in [0.1, 0.15) is 5.56 Å². The van der Waals surface area contributed by atoms with E-state index < -0.39 is 0 Å². The Morgan fingerprint density at radius 3 is 2.64 bits per heavy atom. The Morgan fingerprint density at radius 2 is 1.92 bits per heavy atom. The van der Waals surface area contributed by atoms with Gasteiger partial charge in [-0.25, -0.2) is 5.43 Å². The second-order valence-corrected chi connectivity index (χ2v) is 5.84. The van der Waals surface area contributed by atoms with Gasteiger partial charge in [-0.05, 0) is 52.3 Å². The molecule has 2 aromatic rings. The topological polar surface area (TPSA) is 78.4 Å². The summed E-state index contributed by atoms with van der Waals surface area (Å²) in [6.07, 6.45) is 1.51. The average molecular weight is 407 g/mol. The van der Waals surface area contributed by atoms with E-state index in [4.69, 9.17) is 18.9 Å². The predicted octanol–water partition coefficient (Wildman–Crippen LogP) is 2.72. The lowest BCUT2D eigenvalue weighted by molar-refractivity contribution is -0.123. The number of carbonyl (C=O) groups is 1. The van der Waals surface area contributed by atoms with Gasteiger partial charge >= 0.3 is 0 Å². The Bertz CT molecular complexity index is 792. The van der Waals surface area contributed by atoms with Gasteiger partial charge in [-0.15, -0.1) is 0 Å². The molecule has 1 amide bonds. The fourth-order valence-corrected chi connectivity index (χ4v) is 2.48. The molecule has 25 heavy (non-hydrogen) atoms. The van der Waals surface area contributed by atoms with Crippen LogP contribution in [0.2, 0.25) is 0 Å². The summed E-state index contributed by atoms with van der Waals surface area (Å²) < 4.78 is 21.8. The maximum atomic E-state index is 11.8. The maximum absolute atomic E-state index is 11.8. The second-order valence-electron chi connectivity index (χ2n) is 4.98. The number of methoxy groups -OCH3 is 1. The first-order valence-corrected chi connectivity index (χ1v) is 8.13. The van der Waals surface area contributed by atoms with Crippen LogP contribution in [0.15, 0.2) is 46.0 Å². The van der Waals surface area contributed by atoms with Gasteiger partial charge in [0, 0.05) is 10.0 Å². The maximum Gasteiger partial charge on any atom is 0.277 e. The van der Waals surface area contributed by atoms with E-state index in [1.165, 1.54) is 6.21 Å². The number of hydrazone groups is 1. The summed E-state index contributed by atoms with van der Waals surface area (Å²) in [6, 6.07) is 10.5. The number of hydrogen-bond donors (Lipinski definition) is 1. The highest BCUT2D eigenvalue weighted by Crippen LogP contribution is 2.36. The molecule has 0 saturated carbocycles. The molecule has 0 atom stereocenters. The fourth-order valence-electron chi connectivity index (χ4n) is 2.06. The van der Waals surface area contributed by atoms with Crippen LogP contribution in [0, 0.1) is 0 Å². The Morgan fingerprint density at radius 1 is 1.24 bits per heavy atom. The summed E-state index contributed by atoms with van der Waals surface area (Å²) in [4.78, 5) is 11.8. The van der Waals surface area contributed by atoms with E-state index >= 15 is 0 Å². The summed E-state index contributed by atoms with van der Waals surface area (Å²) in [5.41, 5.74) is 3.16. The minimum atomic E-state index is -0.371. The van der Waals surface area contributed by atoms with Crippen LogP contribution in [0.5, 0.6) is 23.0 Å². The van der Waals surface area contributed by atoms with Gasteiger partial charge in [-0.1, -0.05) is 0 Å². The van der Waals surface area contributed by atoms with E-state index in [0.29, 0.717) is 17.2 Å². The van der Waals surface area contributed by atoms with Crippen LogP contribution in [0.3, 0.4) is 0 Å². The summed E-state index contributed by atoms with van der Waals surface area (Å²) in [5.74, 6) is 2.22. The molecule has 130 valence electrons. The average Bonchev–Trinajstić information content (AvgIpc) is 3.07. The van der Waals surface area contributed by atoms with E-state index in [-0.39, 0.29) is 19.3 Å². The number of fused-ring (bicyclic) bond motifs is 1. The lowest BCUT2D eigenvalue weighted by atomic mass is 10.2. The molecule has 0 spiro atoms. The van der Waals surface area contributed by atoms with Crippen molar-refractivity contribution < 1.29 is 23.7 Å². The third kappa shape index (κ3) is 4.42. The molecule has 1 aliphatic rings. The van der Waals surface area contributed by atoms with E-state index in [1.807, 2.05) is 0 Å². The van der Waals surface area contributed by atoms with Gasteiger partial charge < -0.3 is 18.9 Å². The highest BCUT2D eigenvalue weighted by molar-refractivity contribution is 9.10. The van der Waals surface area contributed by atoms with Gasteiger partial charge in [0.2, 0.25) is 6.79 Å². The molecule has 0 radical (unpaired) electrons. The van der Waals surface area contributed by atoms with Gasteiger partial charge in [0.05, 0.1) is 13.3 Å². The highest BCUT2D eigenvalue weighted by Gasteiger charge is 2.15. The molecule has 0 fully saturated rings. The number of nitrogens with one attached hydrogen (secondary N) is 1. The number of rotatable bonds is 6. The van der Waals surface area contributed by atoms with Gasteiger partial charge in [0.15, 0.2) is 18.1 Å². The number of amides is 1. The molecule has 1 aliphatic heterocycles. The van der Waals surface area contributed by atoms with E-state index in [1.54, 1.807) is 43.5 Å². The van der Waals surface area contributed by atoms with Crippen LogP contribution in [0.25, 0.3) is 0 Å². The number of benzene rings is 2. The predicted molar refractivity (Wildman–Crippen MR) is 94.5 cm³/mol. The molecule has 1 N–H and O–H groups in total. The molecule has 8 heteroatoms. The molecule has 0 unspecified atom stereocenters. The van der Waals surface area contributed by atoms with Gasteiger partial charge in [-0.2, -0.15) is 5.10 Å². The van der Waals surface area contributed by atoms with Crippen molar-refractivity contribution in [3.8, 4) is 23.0 Å². The largest absolute Gasteiger partial charge is 0.497 e. The Hall–Kier alpha value is -2.74. The molecule has 0 bridgehead atoms. The van der Waals surface area contributed by atoms with Crippen LogP contribution >= 0.6 is 15.9 Å². The van der Waals surface area contributed by atoms with Crippen LogP contribution < -0.4 is 24.4 Å². The van der Waals surface area contributed by atoms with Crippen molar-refractivity contribution in [2.45, 2.75) is 0 Å². The van der Waals surface area contributed by atoms with Crippen molar-refractivity contribution in [2.24, 2.45) is 5.10 Å². The lowest BCUT2D eigenvalue weighted by Crippen LogP contribution is -2.24. The molecular formula is C17H15BrN2O5. The van der Waals surface area contributed by atoms with E-state index in [9.17, 15) is 4.79 Å². The van der Waals surface area contributed by atoms with Crippen molar-refractivity contribution >= 4 is 28.1 Å². The molecule has 0 aromatic heterocycles. The van der Waals surface area contributed by atoms with Gasteiger partial charge in [0.1, 0.15) is 11.5 Å². The minimum Gasteiger partial charge on any atom is -0.497 e. The van der Waals surface area contributed by atoms with Crippen molar-refractivity contribution in [1.82, 2.24) is 5.43 Å². The van der Waals surface area contributed by atoms with Crippen LogP contribution in [0.4, 0.5) is 0 Å². The third-order valence-corrected chi connectivity index (χ3v) is 4.00. The van der Waals surface area contributed by atoms with Gasteiger partial charge in [0.25, 0.3) is 5.91 Å². The first-order chi connectivity index (χ1) is 12.2. The highest BCUT2D eigenvalue weighted by atomic mass is 79.9. The molecule has 0 aliphatic carbocycles. The SMILES string of the molecule is COc1ccc(OCC(=O)N/N=C\c2cc3c(cc2Br)OCO3)cc1. The number of hydrogen-bond acceptors (Lipinski definition) is 6. The van der Waals surface area contributed by atoms with Crippen molar-refractivity contribution in [1.29, 1.82) is 0 Å². The summed E-state index contributed by atoms with van der Waals surface area (Å²) in [7, 11) is 1.58. The summed E-state index contributed by atoms with van der Waals surface area (Å²) >= 11 is 3.42. The first kappa shape index (κ1) is 17.1. The Kier molecular flexibility index (Phi) is 5.39. The smallest absolute Gasteiger partial charge is 0.277 e. The normalized spacial score (nSPS) is 12.2. The standard InChI is InChI=1S/C17H15BrN2O5/c1-22-12-2-4-13(5-3-12)23-9-17(21)20-19-8-11-6-15-16(7-14(11)18)25-10-24-15/h2-8H,9-10H2,1H3,(H,20,21)/b19-8-. The monoisotopic (exact) mass is 406 g/mol. The molecule has 2 aromatic carbocycles. The molecule has 1 heterocycles. The molecule has 7 nitrogen and oxygen atoms in total. The van der Waals surface area contributed by atoms with Crippen molar-refractivity contribution in [3.63, 3.8) is 0 Å². The number of halogens is 1. The third-order valence-electron chi connectivity index (χ3n) is 3.31. The Labute approximate surface area is 152 Å². The quantitative estimate of drug-likeness (QED) is 0.589. The number of nitrogens with zero attached hydrogens (tertiary/aromatic N) is 1. The zero-order valence-electron chi connectivity index (χ0n) is 13.3. The minimum absolute atomic E-state index is 0.147. The summed E-state index contributed by atoms with van der Waals surface area (Å²) in [5, 5.41) is 3.92. The van der Waals surface area contributed by atoms with Crippen LogP contribution in [-0.2, 0) is 4.79 Å².